The lowest BCUT2D eigenvalue weighted by Crippen LogP contribution is -2.49. The van der Waals surface area contributed by atoms with Gasteiger partial charge in [-0.15, -0.1) is 0 Å². The molecule has 0 unspecified atom stereocenters. The Morgan fingerprint density at radius 2 is 1.70 bits per heavy atom. The highest BCUT2D eigenvalue weighted by atomic mass is 35.5. The summed E-state index contributed by atoms with van der Waals surface area (Å²) in [6, 6.07) is 7.38. The van der Waals surface area contributed by atoms with E-state index in [0.29, 0.717) is 31.2 Å². The molecule has 1 aliphatic rings. The van der Waals surface area contributed by atoms with Crippen LogP contribution < -0.4 is 0 Å². The molecule has 106 valence electrons. The number of carbonyl (C=O) groups is 2. The Bertz CT molecular complexity index is 534. The van der Waals surface area contributed by atoms with Gasteiger partial charge in [-0.1, -0.05) is 29.8 Å². The Balaban J connectivity index is 1.93. The van der Waals surface area contributed by atoms with Crippen molar-refractivity contribution in [2.45, 2.75) is 6.92 Å². The SMILES string of the molecule is CC(=O)N1CCN(C(=O)/C=C/c2ccccc2Cl)CC1. The third-order valence-corrected chi connectivity index (χ3v) is 3.69. The van der Waals surface area contributed by atoms with E-state index in [2.05, 4.69) is 0 Å². The van der Waals surface area contributed by atoms with Crippen molar-refractivity contribution in [3.63, 3.8) is 0 Å². The van der Waals surface area contributed by atoms with Gasteiger partial charge in [-0.2, -0.15) is 0 Å². The fourth-order valence-corrected chi connectivity index (χ4v) is 2.32. The van der Waals surface area contributed by atoms with Gasteiger partial charge >= 0.3 is 0 Å². The second kappa shape index (κ2) is 6.57. The van der Waals surface area contributed by atoms with Gasteiger partial charge in [0.1, 0.15) is 0 Å². The Hall–Kier alpha value is -1.81. The molecule has 0 saturated carbocycles. The number of nitrogens with zero attached hydrogens (tertiary/aromatic N) is 2. The van der Waals surface area contributed by atoms with Gasteiger partial charge in [-0.05, 0) is 17.7 Å². The fraction of sp³-hybridized carbons (Fsp3) is 0.333. The number of benzene rings is 1. The first-order valence-electron chi connectivity index (χ1n) is 6.55. The third kappa shape index (κ3) is 3.61. The van der Waals surface area contributed by atoms with Gasteiger partial charge in [0.05, 0.1) is 0 Å². The van der Waals surface area contributed by atoms with Crippen molar-refractivity contribution in [2.24, 2.45) is 0 Å². The van der Waals surface area contributed by atoms with Crippen LogP contribution in [0, 0.1) is 0 Å². The second-order valence-corrected chi connectivity index (χ2v) is 5.09. The Morgan fingerprint density at radius 3 is 2.30 bits per heavy atom. The molecule has 0 N–H and O–H groups in total. The summed E-state index contributed by atoms with van der Waals surface area (Å²) < 4.78 is 0. The quantitative estimate of drug-likeness (QED) is 0.783. The number of hydrogen-bond donors (Lipinski definition) is 0. The number of hydrogen-bond acceptors (Lipinski definition) is 2. The molecule has 0 bridgehead atoms. The van der Waals surface area contributed by atoms with Crippen LogP contribution >= 0.6 is 11.6 Å². The number of piperazine rings is 1. The van der Waals surface area contributed by atoms with E-state index in [0.717, 1.165) is 5.56 Å². The minimum Gasteiger partial charge on any atom is -0.339 e. The number of amides is 2. The molecule has 1 aromatic carbocycles. The second-order valence-electron chi connectivity index (χ2n) is 4.69. The molecule has 0 radical (unpaired) electrons. The van der Waals surface area contributed by atoms with Crippen molar-refractivity contribution in [3.8, 4) is 0 Å². The fourth-order valence-electron chi connectivity index (χ4n) is 2.12. The van der Waals surface area contributed by atoms with Crippen LogP contribution in [-0.2, 0) is 9.59 Å². The van der Waals surface area contributed by atoms with Crippen molar-refractivity contribution >= 4 is 29.5 Å². The van der Waals surface area contributed by atoms with E-state index in [9.17, 15) is 9.59 Å². The van der Waals surface area contributed by atoms with Crippen molar-refractivity contribution in [1.82, 2.24) is 9.80 Å². The molecule has 5 heteroatoms. The number of carbonyl (C=O) groups excluding carboxylic acids is 2. The van der Waals surface area contributed by atoms with Crippen LogP contribution in [0.15, 0.2) is 30.3 Å². The summed E-state index contributed by atoms with van der Waals surface area (Å²) in [5, 5.41) is 0.623. The Morgan fingerprint density at radius 1 is 1.10 bits per heavy atom. The molecule has 0 spiro atoms. The van der Waals surface area contributed by atoms with Crippen LogP contribution in [0.25, 0.3) is 6.08 Å². The van der Waals surface area contributed by atoms with Crippen molar-refractivity contribution < 1.29 is 9.59 Å². The van der Waals surface area contributed by atoms with E-state index in [4.69, 9.17) is 11.6 Å². The predicted molar refractivity (Wildman–Crippen MR) is 79.3 cm³/mol. The standard InChI is InChI=1S/C15H17ClN2O2/c1-12(19)17-8-10-18(11-9-17)15(20)7-6-13-4-2-3-5-14(13)16/h2-7H,8-11H2,1H3/b7-6+. The molecule has 0 aromatic heterocycles. The highest BCUT2D eigenvalue weighted by molar-refractivity contribution is 6.32. The molecular formula is C15H17ClN2O2. The molecular weight excluding hydrogens is 276 g/mol. The zero-order valence-corrected chi connectivity index (χ0v) is 12.1. The average molecular weight is 293 g/mol. The molecule has 1 aliphatic heterocycles. The molecule has 0 atom stereocenters. The molecule has 1 heterocycles. The number of halogens is 1. The summed E-state index contributed by atoms with van der Waals surface area (Å²) >= 11 is 6.03. The zero-order chi connectivity index (χ0) is 14.5. The van der Waals surface area contributed by atoms with Gasteiger partial charge in [-0.3, -0.25) is 9.59 Å². The molecule has 0 aliphatic carbocycles. The maximum atomic E-state index is 12.1. The molecule has 1 aromatic rings. The molecule has 1 saturated heterocycles. The smallest absolute Gasteiger partial charge is 0.246 e. The largest absolute Gasteiger partial charge is 0.339 e. The summed E-state index contributed by atoms with van der Waals surface area (Å²) in [6.07, 6.45) is 3.26. The maximum Gasteiger partial charge on any atom is 0.246 e. The monoisotopic (exact) mass is 292 g/mol. The van der Waals surface area contributed by atoms with Crippen LogP contribution in [0.2, 0.25) is 5.02 Å². The summed E-state index contributed by atoms with van der Waals surface area (Å²) in [5.41, 5.74) is 0.824. The first-order chi connectivity index (χ1) is 9.58. The number of rotatable bonds is 2. The first kappa shape index (κ1) is 14.6. The molecule has 20 heavy (non-hydrogen) atoms. The van der Waals surface area contributed by atoms with E-state index in [1.54, 1.807) is 28.9 Å². The zero-order valence-electron chi connectivity index (χ0n) is 11.4. The highest BCUT2D eigenvalue weighted by Crippen LogP contribution is 2.16. The van der Waals surface area contributed by atoms with Gasteiger partial charge in [0.15, 0.2) is 0 Å². The summed E-state index contributed by atoms with van der Waals surface area (Å²) in [5.74, 6) is 0.0110. The van der Waals surface area contributed by atoms with Crippen LogP contribution in [-0.4, -0.2) is 47.8 Å². The molecule has 2 amide bonds. The lowest BCUT2D eigenvalue weighted by molar-refractivity contribution is -0.135. The van der Waals surface area contributed by atoms with E-state index >= 15 is 0 Å². The summed E-state index contributed by atoms with van der Waals surface area (Å²) in [7, 11) is 0. The first-order valence-corrected chi connectivity index (χ1v) is 6.93. The van der Waals surface area contributed by atoms with Crippen molar-refractivity contribution in [2.75, 3.05) is 26.2 Å². The van der Waals surface area contributed by atoms with Crippen LogP contribution in [0.4, 0.5) is 0 Å². The van der Waals surface area contributed by atoms with E-state index in [1.165, 1.54) is 6.08 Å². The average Bonchev–Trinajstić information content (AvgIpc) is 2.46. The lowest BCUT2D eigenvalue weighted by atomic mass is 10.2. The summed E-state index contributed by atoms with van der Waals surface area (Å²) in [6.45, 7) is 3.90. The summed E-state index contributed by atoms with van der Waals surface area (Å²) in [4.78, 5) is 26.8. The topological polar surface area (TPSA) is 40.6 Å². The normalized spacial score (nSPS) is 15.7. The third-order valence-electron chi connectivity index (χ3n) is 3.35. The molecule has 4 nitrogen and oxygen atoms in total. The van der Waals surface area contributed by atoms with Crippen molar-refractivity contribution in [3.05, 3.63) is 40.9 Å². The van der Waals surface area contributed by atoms with Crippen LogP contribution in [0.3, 0.4) is 0 Å². The maximum absolute atomic E-state index is 12.1. The van der Waals surface area contributed by atoms with Gasteiger partial charge in [0, 0.05) is 44.2 Å². The Labute approximate surface area is 123 Å². The van der Waals surface area contributed by atoms with Gasteiger partial charge in [-0.25, -0.2) is 0 Å². The predicted octanol–water partition coefficient (Wildman–Crippen LogP) is 2.04. The Kier molecular flexibility index (Phi) is 4.79. The van der Waals surface area contributed by atoms with Gasteiger partial charge < -0.3 is 9.80 Å². The van der Waals surface area contributed by atoms with E-state index in [-0.39, 0.29) is 11.8 Å². The minimum atomic E-state index is -0.0480. The minimum absolute atomic E-state index is 0.0480. The molecule has 2 rings (SSSR count). The van der Waals surface area contributed by atoms with Gasteiger partial charge in [0.2, 0.25) is 11.8 Å². The van der Waals surface area contributed by atoms with Crippen LogP contribution in [0.1, 0.15) is 12.5 Å². The van der Waals surface area contributed by atoms with Crippen molar-refractivity contribution in [1.29, 1.82) is 0 Å². The lowest BCUT2D eigenvalue weighted by Gasteiger charge is -2.33. The van der Waals surface area contributed by atoms with E-state index in [1.807, 2.05) is 18.2 Å². The van der Waals surface area contributed by atoms with E-state index < -0.39 is 0 Å². The molecule has 1 fully saturated rings. The highest BCUT2D eigenvalue weighted by Gasteiger charge is 2.20. The van der Waals surface area contributed by atoms with Crippen LogP contribution in [0.5, 0.6) is 0 Å². The van der Waals surface area contributed by atoms with Gasteiger partial charge in [0.25, 0.3) is 0 Å².